The van der Waals surface area contributed by atoms with Gasteiger partial charge in [0.2, 0.25) is 0 Å². The zero-order valence-corrected chi connectivity index (χ0v) is 10.6. The second-order valence-electron chi connectivity index (χ2n) is 4.40. The highest BCUT2D eigenvalue weighted by molar-refractivity contribution is 7.92. The molecule has 106 valence electrons. The number of benzene rings is 1. The van der Waals surface area contributed by atoms with Gasteiger partial charge in [0.15, 0.2) is 0 Å². The average molecular weight is 295 g/mol. The van der Waals surface area contributed by atoms with Gasteiger partial charge in [0.05, 0.1) is 4.90 Å². The quantitative estimate of drug-likeness (QED) is 0.916. The summed E-state index contributed by atoms with van der Waals surface area (Å²) >= 11 is 0. The van der Waals surface area contributed by atoms with Gasteiger partial charge in [-0.1, -0.05) is 0 Å². The highest BCUT2D eigenvalue weighted by Crippen LogP contribution is 2.32. The molecule has 1 N–H and O–H groups in total. The largest absolute Gasteiger partial charge is 0.501 e. The molecule has 1 fully saturated rings. The van der Waals surface area contributed by atoms with Gasteiger partial charge in [0.25, 0.3) is 9.84 Å². The monoisotopic (exact) mass is 295 g/mol. The summed E-state index contributed by atoms with van der Waals surface area (Å²) in [5.41, 5.74) is -4.64. The third-order valence-corrected chi connectivity index (χ3v) is 4.53. The van der Waals surface area contributed by atoms with Crippen molar-refractivity contribution in [3.63, 3.8) is 0 Å². The van der Waals surface area contributed by atoms with Crippen LogP contribution in [0.1, 0.15) is 0 Å². The SMILES string of the molecule is O=S(=O)(c1ccc(N2CC(CO)C2)cc1)C(F)(F)F. The van der Waals surface area contributed by atoms with Gasteiger partial charge in [-0.15, -0.1) is 0 Å². The van der Waals surface area contributed by atoms with E-state index in [1.165, 1.54) is 12.1 Å². The van der Waals surface area contributed by atoms with E-state index in [2.05, 4.69) is 0 Å². The molecule has 1 heterocycles. The molecular weight excluding hydrogens is 283 g/mol. The van der Waals surface area contributed by atoms with Crippen LogP contribution in [0, 0.1) is 5.92 Å². The smallest absolute Gasteiger partial charge is 0.396 e. The highest BCUT2D eigenvalue weighted by Gasteiger charge is 2.46. The van der Waals surface area contributed by atoms with Crippen LogP contribution >= 0.6 is 0 Å². The van der Waals surface area contributed by atoms with Crippen LogP contribution in [0.2, 0.25) is 0 Å². The third kappa shape index (κ3) is 2.55. The maximum absolute atomic E-state index is 12.3. The van der Waals surface area contributed by atoms with Gasteiger partial charge in [-0.05, 0) is 24.3 Å². The van der Waals surface area contributed by atoms with Crippen molar-refractivity contribution in [2.75, 3.05) is 24.6 Å². The van der Waals surface area contributed by atoms with Gasteiger partial charge in [0.1, 0.15) is 0 Å². The Kier molecular flexibility index (Phi) is 3.48. The van der Waals surface area contributed by atoms with Crippen LogP contribution < -0.4 is 4.90 Å². The van der Waals surface area contributed by atoms with Crippen molar-refractivity contribution in [3.8, 4) is 0 Å². The number of nitrogens with zero attached hydrogens (tertiary/aromatic N) is 1. The van der Waals surface area contributed by atoms with E-state index in [-0.39, 0.29) is 12.5 Å². The number of sulfone groups is 1. The lowest BCUT2D eigenvalue weighted by Crippen LogP contribution is -2.48. The molecule has 1 aromatic rings. The molecule has 8 heteroatoms. The van der Waals surface area contributed by atoms with E-state index in [9.17, 15) is 21.6 Å². The summed E-state index contributed by atoms with van der Waals surface area (Å²) in [6.45, 7) is 1.29. The minimum absolute atomic E-state index is 0.0665. The number of aliphatic hydroxyl groups excluding tert-OH is 1. The van der Waals surface area contributed by atoms with Crippen LogP contribution in [0.4, 0.5) is 18.9 Å². The first kappa shape index (κ1) is 14.1. The van der Waals surface area contributed by atoms with E-state index in [1.54, 1.807) is 0 Å². The van der Waals surface area contributed by atoms with Gasteiger partial charge in [-0.25, -0.2) is 8.42 Å². The fourth-order valence-electron chi connectivity index (χ4n) is 1.87. The normalized spacial score (nSPS) is 17.4. The van der Waals surface area contributed by atoms with Crippen molar-refractivity contribution in [2.24, 2.45) is 5.92 Å². The van der Waals surface area contributed by atoms with Gasteiger partial charge in [0, 0.05) is 31.3 Å². The van der Waals surface area contributed by atoms with Crippen LogP contribution in [0.25, 0.3) is 0 Å². The summed E-state index contributed by atoms with van der Waals surface area (Å²) < 4.78 is 59.3. The van der Waals surface area contributed by atoms with Crippen LogP contribution in [-0.4, -0.2) is 38.7 Å². The molecule has 0 aromatic heterocycles. The molecule has 0 atom stereocenters. The minimum Gasteiger partial charge on any atom is -0.396 e. The first-order valence-electron chi connectivity index (χ1n) is 5.53. The number of hydrogen-bond acceptors (Lipinski definition) is 4. The summed E-state index contributed by atoms with van der Waals surface area (Å²) in [5, 5.41) is 8.86. The van der Waals surface area contributed by atoms with Crippen molar-refractivity contribution < 1.29 is 26.7 Å². The Hall–Kier alpha value is -1.28. The number of rotatable bonds is 3. The maximum Gasteiger partial charge on any atom is 0.501 e. The summed E-state index contributed by atoms with van der Waals surface area (Å²) in [6, 6.07) is 4.58. The van der Waals surface area contributed by atoms with E-state index in [4.69, 9.17) is 5.11 Å². The van der Waals surface area contributed by atoms with Crippen molar-refractivity contribution >= 4 is 15.5 Å². The lowest BCUT2D eigenvalue weighted by Gasteiger charge is -2.40. The minimum atomic E-state index is -5.28. The summed E-state index contributed by atoms with van der Waals surface area (Å²) in [6.07, 6.45) is 0. The van der Waals surface area contributed by atoms with Crippen LogP contribution in [0.3, 0.4) is 0 Å². The molecule has 1 aromatic carbocycles. The van der Waals surface area contributed by atoms with E-state index >= 15 is 0 Å². The summed E-state index contributed by atoms with van der Waals surface area (Å²) in [4.78, 5) is 1.09. The molecule has 4 nitrogen and oxygen atoms in total. The predicted octanol–water partition coefficient (Wildman–Crippen LogP) is 1.41. The van der Waals surface area contributed by atoms with E-state index in [1.807, 2.05) is 4.90 Å². The Bertz CT molecular complexity index is 548. The van der Waals surface area contributed by atoms with Gasteiger partial charge >= 0.3 is 5.51 Å². The molecule has 0 saturated carbocycles. The van der Waals surface area contributed by atoms with Crippen molar-refractivity contribution in [1.29, 1.82) is 0 Å². The molecule has 1 aliphatic rings. The topological polar surface area (TPSA) is 57.6 Å². The van der Waals surface area contributed by atoms with Gasteiger partial charge in [-0.2, -0.15) is 13.2 Å². The fraction of sp³-hybridized carbons (Fsp3) is 0.455. The Morgan fingerprint density at radius 3 is 2.16 bits per heavy atom. The molecule has 0 aliphatic carbocycles. The van der Waals surface area contributed by atoms with Gasteiger partial charge < -0.3 is 10.0 Å². The van der Waals surface area contributed by atoms with Crippen molar-refractivity contribution in [2.45, 2.75) is 10.4 Å². The molecular formula is C11H12F3NO3S. The van der Waals surface area contributed by atoms with Crippen LogP contribution in [0.5, 0.6) is 0 Å². The molecule has 1 saturated heterocycles. The van der Waals surface area contributed by atoms with Crippen molar-refractivity contribution in [3.05, 3.63) is 24.3 Å². The Labute approximate surface area is 108 Å². The lowest BCUT2D eigenvalue weighted by molar-refractivity contribution is -0.0436. The second kappa shape index (κ2) is 4.68. The molecule has 2 rings (SSSR count). The Balaban J connectivity index is 2.16. The van der Waals surface area contributed by atoms with E-state index in [0.29, 0.717) is 18.8 Å². The number of aliphatic hydroxyl groups is 1. The first-order chi connectivity index (χ1) is 8.75. The van der Waals surface area contributed by atoms with E-state index in [0.717, 1.165) is 12.1 Å². The zero-order chi connectivity index (χ0) is 14.3. The Morgan fingerprint density at radius 2 is 1.74 bits per heavy atom. The molecule has 0 bridgehead atoms. The highest BCUT2D eigenvalue weighted by atomic mass is 32.2. The lowest BCUT2D eigenvalue weighted by atomic mass is 10.0. The van der Waals surface area contributed by atoms with Crippen molar-refractivity contribution in [1.82, 2.24) is 0 Å². The molecule has 0 amide bonds. The number of halogens is 3. The fourth-order valence-corrected chi connectivity index (χ4v) is 2.63. The zero-order valence-electron chi connectivity index (χ0n) is 9.76. The second-order valence-corrected chi connectivity index (χ2v) is 6.34. The number of alkyl halides is 3. The summed E-state index contributed by atoms with van der Waals surface area (Å²) in [7, 11) is -5.28. The standard InChI is InChI=1S/C11H12F3NO3S/c12-11(13,14)19(17,18)10-3-1-9(2-4-10)15-5-8(6-15)7-16/h1-4,8,16H,5-7H2. The summed E-state index contributed by atoms with van der Waals surface area (Å²) in [5.74, 6) is 0.165. The van der Waals surface area contributed by atoms with Crippen LogP contribution in [-0.2, 0) is 9.84 Å². The molecule has 1 aliphatic heterocycles. The number of hydrogen-bond donors (Lipinski definition) is 1. The van der Waals surface area contributed by atoms with Crippen LogP contribution in [0.15, 0.2) is 29.2 Å². The molecule has 19 heavy (non-hydrogen) atoms. The first-order valence-corrected chi connectivity index (χ1v) is 7.01. The maximum atomic E-state index is 12.3. The molecule has 0 unspecified atom stereocenters. The predicted molar refractivity (Wildman–Crippen MR) is 62.5 cm³/mol. The molecule has 0 spiro atoms. The van der Waals surface area contributed by atoms with E-state index < -0.39 is 20.2 Å². The number of anilines is 1. The Morgan fingerprint density at radius 1 is 1.21 bits per heavy atom. The molecule has 0 radical (unpaired) electrons. The van der Waals surface area contributed by atoms with Gasteiger partial charge in [-0.3, -0.25) is 0 Å². The third-order valence-electron chi connectivity index (χ3n) is 3.03. The average Bonchev–Trinajstić information content (AvgIpc) is 2.27.